The summed E-state index contributed by atoms with van der Waals surface area (Å²) in [6.07, 6.45) is 0. The molecule has 6 nitrogen and oxygen atoms in total. The van der Waals surface area contributed by atoms with E-state index in [-0.39, 0.29) is 11.7 Å². The van der Waals surface area contributed by atoms with Crippen LogP contribution in [-0.4, -0.2) is 61.9 Å². The van der Waals surface area contributed by atoms with E-state index in [1.54, 1.807) is 44.6 Å². The maximum absolute atomic E-state index is 13.3. The molecule has 1 aliphatic heterocycles. The van der Waals surface area contributed by atoms with E-state index in [4.69, 9.17) is 9.47 Å². The number of methoxy groups -OCH3 is 2. The SMILES string of the molecule is COc1ccc(CN2CCN(C(=O)c3ccccc3C(=O)c3ccccc3)CC2)cc1OC. The highest BCUT2D eigenvalue weighted by Gasteiger charge is 2.26. The molecule has 3 aromatic rings. The highest BCUT2D eigenvalue weighted by molar-refractivity contribution is 6.15. The van der Waals surface area contributed by atoms with Crippen molar-refractivity contribution >= 4 is 11.7 Å². The molecule has 1 fully saturated rings. The first kappa shape index (κ1) is 22.6. The van der Waals surface area contributed by atoms with Crippen LogP contribution in [0.5, 0.6) is 11.5 Å². The highest BCUT2D eigenvalue weighted by Crippen LogP contribution is 2.28. The third kappa shape index (κ3) is 5.07. The predicted molar refractivity (Wildman–Crippen MR) is 127 cm³/mol. The molecule has 0 atom stereocenters. The summed E-state index contributed by atoms with van der Waals surface area (Å²) in [6, 6.07) is 22.1. The fourth-order valence-electron chi connectivity index (χ4n) is 4.13. The van der Waals surface area contributed by atoms with Crippen LogP contribution in [0.4, 0.5) is 0 Å². The van der Waals surface area contributed by atoms with Gasteiger partial charge < -0.3 is 14.4 Å². The molecule has 0 saturated carbocycles. The number of hydrogen-bond donors (Lipinski definition) is 0. The Balaban J connectivity index is 1.42. The fourth-order valence-corrected chi connectivity index (χ4v) is 4.13. The number of piperazine rings is 1. The van der Waals surface area contributed by atoms with Gasteiger partial charge in [0.1, 0.15) is 0 Å². The summed E-state index contributed by atoms with van der Waals surface area (Å²) in [5, 5.41) is 0. The van der Waals surface area contributed by atoms with Gasteiger partial charge in [-0.3, -0.25) is 14.5 Å². The molecule has 6 heteroatoms. The normalized spacial score (nSPS) is 14.1. The standard InChI is InChI=1S/C27H28N2O4/c1-32-24-13-12-20(18-25(24)33-2)19-28-14-16-29(17-15-28)27(31)23-11-7-6-10-22(23)26(30)21-8-4-3-5-9-21/h3-13,18H,14-17,19H2,1-2H3. The number of carbonyl (C=O) groups excluding carboxylic acids is 2. The molecule has 1 heterocycles. The Hall–Kier alpha value is -3.64. The van der Waals surface area contributed by atoms with Crippen molar-refractivity contribution in [2.45, 2.75) is 6.54 Å². The second kappa shape index (κ2) is 10.3. The van der Waals surface area contributed by atoms with Crippen molar-refractivity contribution in [3.8, 4) is 11.5 Å². The molecule has 170 valence electrons. The Morgan fingerprint density at radius 2 is 1.39 bits per heavy atom. The second-order valence-corrected chi connectivity index (χ2v) is 8.00. The quantitative estimate of drug-likeness (QED) is 0.518. The van der Waals surface area contributed by atoms with Gasteiger partial charge in [-0.25, -0.2) is 0 Å². The van der Waals surface area contributed by atoms with E-state index >= 15 is 0 Å². The molecule has 0 bridgehead atoms. The zero-order valence-corrected chi connectivity index (χ0v) is 19.0. The van der Waals surface area contributed by atoms with Crippen LogP contribution in [0.15, 0.2) is 72.8 Å². The van der Waals surface area contributed by atoms with Crippen molar-refractivity contribution < 1.29 is 19.1 Å². The summed E-state index contributed by atoms with van der Waals surface area (Å²) in [5.74, 6) is 1.19. The summed E-state index contributed by atoms with van der Waals surface area (Å²) >= 11 is 0. The van der Waals surface area contributed by atoms with Gasteiger partial charge in [-0.2, -0.15) is 0 Å². The molecule has 4 rings (SSSR count). The number of nitrogens with zero attached hydrogens (tertiary/aromatic N) is 2. The topological polar surface area (TPSA) is 59.1 Å². The van der Waals surface area contributed by atoms with Crippen LogP contribution in [0.1, 0.15) is 31.8 Å². The van der Waals surface area contributed by atoms with E-state index < -0.39 is 0 Å². The molecule has 0 aliphatic carbocycles. The number of amides is 1. The number of ketones is 1. The van der Waals surface area contributed by atoms with Crippen molar-refractivity contribution in [2.24, 2.45) is 0 Å². The molecule has 33 heavy (non-hydrogen) atoms. The summed E-state index contributed by atoms with van der Waals surface area (Å²) in [6.45, 7) is 3.51. The summed E-state index contributed by atoms with van der Waals surface area (Å²) in [5.41, 5.74) is 2.62. The van der Waals surface area contributed by atoms with E-state index in [1.165, 1.54) is 0 Å². The minimum absolute atomic E-state index is 0.0966. The van der Waals surface area contributed by atoms with Gasteiger partial charge in [-0.15, -0.1) is 0 Å². The third-order valence-corrected chi connectivity index (χ3v) is 5.95. The van der Waals surface area contributed by atoms with E-state index in [9.17, 15) is 9.59 Å². The van der Waals surface area contributed by atoms with E-state index in [0.29, 0.717) is 41.3 Å². The lowest BCUT2D eigenvalue weighted by molar-refractivity contribution is 0.0625. The second-order valence-electron chi connectivity index (χ2n) is 8.00. The van der Waals surface area contributed by atoms with Crippen LogP contribution in [0.2, 0.25) is 0 Å². The smallest absolute Gasteiger partial charge is 0.254 e. The van der Waals surface area contributed by atoms with Crippen LogP contribution in [-0.2, 0) is 6.54 Å². The molecule has 0 spiro atoms. The van der Waals surface area contributed by atoms with Crippen LogP contribution < -0.4 is 9.47 Å². The van der Waals surface area contributed by atoms with Crippen molar-refractivity contribution in [1.82, 2.24) is 9.80 Å². The predicted octanol–water partition coefficient (Wildman–Crippen LogP) is 3.89. The van der Waals surface area contributed by atoms with Crippen LogP contribution in [0.25, 0.3) is 0 Å². The fraction of sp³-hybridized carbons (Fsp3) is 0.259. The molecule has 1 amide bonds. The summed E-state index contributed by atoms with van der Waals surface area (Å²) in [7, 11) is 3.26. The average Bonchev–Trinajstić information content (AvgIpc) is 2.88. The number of hydrogen-bond acceptors (Lipinski definition) is 5. The Morgan fingerprint density at radius 3 is 2.06 bits per heavy atom. The molecule has 3 aromatic carbocycles. The number of benzene rings is 3. The third-order valence-electron chi connectivity index (χ3n) is 5.95. The minimum Gasteiger partial charge on any atom is -0.493 e. The zero-order chi connectivity index (χ0) is 23.2. The monoisotopic (exact) mass is 444 g/mol. The van der Waals surface area contributed by atoms with Gasteiger partial charge >= 0.3 is 0 Å². The molecule has 0 unspecified atom stereocenters. The molecule has 0 N–H and O–H groups in total. The van der Waals surface area contributed by atoms with Crippen molar-refractivity contribution in [1.29, 1.82) is 0 Å². The Labute approximate surface area is 194 Å². The minimum atomic E-state index is -0.133. The van der Waals surface area contributed by atoms with Gasteiger partial charge in [-0.05, 0) is 23.8 Å². The highest BCUT2D eigenvalue weighted by atomic mass is 16.5. The molecular weight excluding hydrogens is 416 g/mol. The first-order chi connectivity index (χ1) is 16.1. The Kier molecular flexibility index (Phi) is 7.05. The van der Waals surface area contributed by atoms with Crippen LogP contribution >= 0.6 is 0 Å². The van der Waals surface area contributed by atoms with Crippen LogP contribution in [0.3, 0.4) is 0 Å². The zero-order valence-electron chi connectivity index (χ0n) is 19.0. The number of ether oxygens (including phenoxy) is 2. The Bertz CT molecular complexity index is 1120. The van der Waals surface area contributed by atoms with Crippen molar-refractivity contribution in [3.63, 3.8) is 0 Å². The summed E-state index contributed by atoms with van der Waals surface area (Å²) < 4.78 is 10.7. The van der Waals surface area contributed by atoms with Gasteiger partial charge in [0.05, 0.1) is 19.8 Å². The maximum Gasteiger partial charge on any atom is 0.254 e. The molecule has 0 aromatic heterocycles. The molecule has 0 radical (unpaired) electrons. The maximum atomic E-state index is 13.3. The first-order valence-electron chi connectivity index (χ1n) is 11.0. The molecule has 1 aliphatic rings. The van der Waals surface area contributed by atoms with Gasteiger partial charge in [-0.1, -0.05) is 54.6 Å². The largest absolute Gasteiger partial charge is 0.493 e. The Morgan fingerprint density at radius 1 is 0.758 bits per heavy atom. The molecule has 1 saturated heterocycles. The molecular formula is C27H28N2O4. The lowest BCUT2D eigenvalue weighted by atomic mass is 9.97. The van der Waals surface area contributed by atoms with Gasteiger partial charge in [0.2, 0.25) is 0 Å². The van der Waals surface area contributed by atoms with E-state index in [2.05, 4.69) is 4.90 Å². The number of rotatable bonds is 7. The lowest BCUT2D eigenvalue weighted by Gasteiger charge is -2.35. The van der Waals surface area contributed by atoms with Gasteiger partial charge in [0, 0.05) is 43.9 Å². The van der Waals surface area contributed by atoms with Gasteiger partial charge in [0.15, 0.2) is 17.3 Å². The van der Waals surface area contributed by atoms with Crippen molar-refractivity contribution in [3.05, 3.63) is 95.1 Å². The van der Waals surface area contributed by atoms with E-state index in [1.807, 2.05) is 47.4 Å². The lowest BCUT2D eigenvalue weighted by Crippen LogP contribution is -2.48. The summed E-state index contributed by atoms with van der Waals surface area (Å²) in [4.78, 5) is 30.5. The van der Waals surface area contributed by atoms with Crippen LogP contribution in [0, 0.1) is 0 Å². The van der Waals surface area contributed by atoms with E-state index in [0.717, 1.165) is 25.2 Å². The first-order valence-corrected chi connectivity index (χ1v) is 11.0. The van der Waals surface area contributed by atoms with Gasteiger partial charge in [0.25, 0.3) is 5.91 Å². The average molecular weight is 445 g/mol. The number of carbonyl (C=O) groups is 2. The van der Waals surface area contributed by atoms with Crippen molar-refractivity contribution in [2.75, 3.05) is 40.4 Å².